The highest BCUT2D eigenvalue weighted by atomic mass is 32.2. The van der Waals surface area contributed by atoms with Crippen LogP contribution in [-0.2, 0) is 10.0 Å². The first-order valence-electron chi connectivity index (χ1n) is 5.47. The number of aromatic carboxylic acids is 1. The Labute approximate surface area is 119 Å². The smallest absolute Gasteiger partial charge is 0.371 e. The lowest BCUT2D eigenvalue weighted by Gasteiger charge is -2.03. The zero-order valence-corrected chi connectivity index (χ0v) is 12.0. The van der Waals surface area contributed by atoms with E-state index in [0.29, 0.717) is 5.09 Å². The van der Waals surface area contributed by atoms with Gasteiger partial charge in [-0.1, -0.05) is 11.8 Å². The minimum absolute atomic E-state index is 0.137. The number of carboxylic acid groups (broad SMARTS) is 1. The van der Waals surface area contributed by atoms with Gasteiger partial charge in [0.25, 0.3) is 0 Å². The van der Waals surface area contributed by atoms with Crippen molar-refractivity contribution in [2.24, 2.45) is 0 Å². The van der Waals surface area contributed by atoms with Gasteiger partial charge in [0.15, 0.2) is 5.09 Å². The zero-order valence-electron chi connectivity index (χ0n) is 10.4. The van der Waals surface area contributed by atoms with E-state index >= 15 is 0 Å². The van der Waals surface area contributed by atoms with E-state index in [0.717, 1.165) is 4.90 Å². The maximum Gasteiger partial charge on any atom is 0.371 e. The van der Waals surface area contributed by atoms with Gasteiger partial charge in [-0.25, -0.2) is 17.9 Å². The molecule has 0 bridgehead atoms. The molecule has 0 unspecified atom stereocenters. The number of carbonyl (C=O) groups is 1. The lowest BCUT2D eigenvalue weighted by Crippen LogP contribution is -2.18. The third kappa shape index (κ3) is 3.21. The minimum Gasteiger partial charge on any atom is -0.475 e. The number of sulfonamides is 1. The van der Waals surface area contributed by atoms with E-state index in [1.165, 1.54) is 37.0 Å². The topological polar surface area (TPSA) is 96.6 Å². The Hall–Kier alpha value is -1.77. The van der Waals surface area contributed by atoms with Crippen LogP contribution >= 0.6 is 11.8 Å². The standard InChI is InChI=1S/C12H11NO5S2/c1-13-20(16,17)9-4-2-8(3-5-9)19-11-7-6-10(18-11)12(14)15/h2-7,13H,1H3,(H,14,15). The maximum atomic E-state index is 11.5. The summed E-state index contributed by atoms with van der Waals surface area (Å²) in [7, 11) is -2.11. The van der Waals surface area contributed by atoms with Crippen LogP contribution in [0.25, 0.3) is 0 Å². The third-order valence-corrected chi connectivity index (χ3v) is 4.77. The molecule has 0 saturated carbocycles. The summed E-state index contributed by atoms with van der Waals surface area (Å²) in [4.78, 5) is 11.6. The molecule has 2 aromatic rings. The molecule has 106 valence electrons. The van der Waals surface area contributed by atoms with Gasteiger partial charge in [-0.2, -0.15) is 0 Å². The third-order valence-electron chi connectivity index (χ3n) is 2.41. The van der Waals surface area contributed by atoms with E-state index in [1.807, 2.05) is 0 Å². The molecule has 0 spiro atoms. The molecule has 2 N–H and O–H groups in total. The molecule has 1 aromatic heterocycles. The van der Waals surface area contributed by atoms with Gasteiger partial charge >= 0.3 is 5.97 Å². The van der Waals surface area contributed by atoms with Crippen LogP contribution in [0.2, 0.25) is 0 Å². The molecule has 8 heteroatoms. The van der Waals surface area contributed by atoms with Gasteiger partial charge in [-0.15, -0.1) is 0 Å². The van der Waals surface area contributed by atoms with Crippen LogP contribution in [-0.4, -0.2) is 26.5 Å². The highest BCUT2D eigenvalue weighted by molar-refractivity contribution is 7.99. The number of hydrogen-bond acceptors (Lipinski definition) is 5. The summed E-state index contributed by atoms with van der Waals surface area (Å²) < 4.78 is 30.4. The highest BCUT2D eigenvalue weighted by Gasteiger charge is 2.12. The minimum atomic E-state index is -3.46. The van der Waals surface area contributed by atoms with Crippen molar-refractivity contribution >= 4 is 27.8 Å². The highest BCUT2D eigenvalue weighted by Crippen LogP contribution is 2.29. The summed E-state index contributed by atoms with van der Waals surface area (Å²) in [5.74, 6) is -1.27. The lowest BCUT2D eigenvalue weighted by atomic mass is 10.4. The molecule has 0 aliphatic carbocycles. The van der Waals surface area contributed by atoms with E-state index in [2.05, 4.69) is 4.72 Å². The molecule has 0 amide bonds. The maximum absolute atomic E-state index is 11.5. The fourth-order valence-corrected chi connectivity index (χ4v) is 2.91. The molecular formula is C12H11NO5S2. The van der Waals surface area contributed by atoms with E-state index in [4.69, 9.17) is 9.52 Å². The Bertz CT molecular complexity index is 719. The fourth-order valence-electron chi connectivity index (χ4n) is 1.41. The van der Waals surface area contributed by atoms with Crippen LogP contribution < -0.4 is 4.72 Å². The van der Waals surface area contributed by atoms with E-state index in [9.17, 15) is 13.2 Å². The van der Waals surface area contributed by atoms with Crippen molar-refractivity contribution in [2.75, 3.05) is 7.05 Å². The zero-order chi connectivity index (χ0) is 14.8. The monoisotopic (exact) mass is 313 g/mol. The molecule has 6 nitrogen and oxygen atoms in total. The molecule has 0 fully saturated rings. The quantitative estimate of drug-likeness (QED) is 0.877. The van der Waals surface area contributed by atoms with Gasteiger partial charge in [-0.3, -0.25) is 0 Å². The van der Waals surface area contributed by atoms with Crippen molar-refractivity contribution in [3.63, 3.8) is 0 Å². The van der Waals surface area contributed by atoms with Crippen molar-refractivity contribution in [3.05, 3.63) is 42.2 Å². The van der Waals surface area contributed by atoms with Crippen molar-refractivity contribution in [2.45, 2.75) is 14.9 Å². The molecule has 1 heterocycles. The van der Waals surface area contributed by atoms with Gasteiger partial charge < -0.3 is 9.52 Å². The number of carboxylic acids is 1. The lowest BCUT2D eigenvalue weighted by molar-refractivity contribution is 0.0656. The average molecular weight is 313 g/mol. The van der Waals surface area contributed by atoms with Crippen molar-refractivity contribution < 1.29 is 22.7 Å². The van der Waals surface area contributed by atoms with E-state index in [1.54, 1.807) is 18.2 Å². The molecule has 0 radical (unpaired) electrons. The Morgan fingerprint density at radius 1 is 1.20 bits per heavy atom. The van der Waals surface area contributed by atoms with Crippen LogP contribution in [0.1, 0.15) is 10.6 Å². The summed E-state index contributed by atoms with van der Waals surface area (Å²) in [5.41, 5.74) is 0. The van der Waals surface area contributed by atoms with E-state index < -0.39 is 16.0 Å². The first kappa shape index (κ1) is 14.6. The SMILES string of the molecule is CNS(=O)(=O)c1ccc(Sc2ccc(C(=O)O)o2)cc1. The largest absolute Gasteiger partial charge is 0.475 e. The van der Waals surface area contributed by atoms with Crippen LogP contribution in [0.5, 0.6) is 0 Å². The summed E-state index contributed by atoms with van der Waals surface area (Å²) in [5, 5.41) is 9.16. The predicted molar refractivity (Wildman–Crippen MR) is 72.5 cm³/mol. The van der Waals surface area contributed by atoms with Crippen LogP contribution in [0.4, 0.5) is 0 Å². The number of nitrogens with one attached hydrogen (secondary N) is 1. The number of rotatable bonds is 5. The Morgan fingerprint density at radius 3 is 2.35 bits per heavy atom. The average Bonchev–Trinajstić information content (AvgIpc) is 2.88. The van der Waals surface area contributed by atoms with Gasteiger partial charge in [-0.05, 0) is 43.4 Å². The molecule has 0 aliphatic heterocycles. The molecular weight excluding hydrogens is 302 g/mol. The molecule has 2 rings (SSSR count). The first-order valence-corrected chi connectivity index (χ1v) is 7.77. The predicted octanol–water partition coefficient (Wildman–Crippen LogP) is 2.04. The Kier molecular flexibility index (Phi) is 4.17. The molecule has 20 heavy (non-hydrogen) atoms. The van der Waals surface area contributed by atoms with Crippen molar-refractivity contribution in [3.8, 4) is 0 Å². The van der Waals surface area contributed by atoms with Crippen LogP contribution in [0, 0.1) is 0 Å². The Morgan fingerprint density at radius 2 is 1.85 bits per heavy atom. The first-order chi connectivity index (χ1) is 9.42. The molecule has 0 saturated heterocycles. The summed E-state index contributed by atoms with van der Waals surface area (Å²) in [6.45, 7) is 0. The van der Waals surface area contributed by atoms with Gasteiger partial charge in [0.1, 0.15) is 0 Å². The van der Waals surface area contributed by atoms with Gasteiger partial charge in [0.2, 0.25) is 15.8 Å². The summed E-state index contributed by atoms with van der Waals surface area (Å²) in [6.07, 6.45) is 0. The van der Waals surface area contributed by atoms with Crippen molar-refractivity contribution in [1.29, 1.82) is 0 Å². The second-order valence-corrected chi connectivity index (χ2v) is 6.67. The van der Waals surface area contributed by atoms with Gasteiger partial charge in [0.05, 0.1) is 4.90 Å². The second kappa shape index (κ2) is 5.70. The van der Waals surface area contributed by atoms with Crippen LogP contribution in [0.15, 0.2) is 55.7 Å². The van der Waals surface area contributed by atoms with Crippen LogP contribution in [0.3, 0.4) is 0 Å². The molecule has 0 aliphatic rings. The van der Waals surface area contributed by atoms with Crippen molar-refractivity contribution in [1.82, 2.24) is 4.72 Å². The molecule has 0 atom stereocenters. The van der Waals surface area contributed by atoms with E-state index in [-0.39, 0.29) is 10.7 Å². The Balaban J connectivity index is 2.16. The second-order valence-electron chi connectivity index (χ2n) is 3.70. The number of furan rings is 1. The normalized spacial score (nSPS) is 11.4. The number of benzene rings is 1. The summed E-state index contributed by atoms with van der Waals surface area (Å²) >= 11 is 1.21. The molecule has 1 aromatic carbocycles. The van der Waals surface area contributed by atoms with Gasteiger partial charge in [0, 0.05) is 4.90 Å². The number of hydrogen-bond donors (Lipinski definition) is 2. The fraction of sp³-hybridized carbons (Fsp3) is 0.0833. The summed E-state index contributed by atoms with van der Waals surface area (Å²) in [6, 6.07) is 9.09.